The molecule has 0 saturated heterocycles. The minimum Gasteiger partial charge on any atom is -0.481 e. The van der Waals surface area contributed by atoms with Gasteiger partial charge in [0.1, 0.15) is 36.8 Å². The SMILES string of the molecule is CC(C)C[C@H](N)C(=O)N[C@H](C(=O)N[C@@H](CCC(=O)O)C(=O)N[C@@H](CCCN=C(N)N)C(=O)N[C@@H](CO)C(=O)N[C@H](C(=O)NCC(=O)O)[C@@H](C)O)[C@@H](C)O. The van der Waals surface area contributed by atoms with Gasteiger partial charge in [-0.15, -0.1) is 0 Å². The van der Waals surface area contributed by atoms with Crippen molar-refractivity contribution in [3.63, 3.8) is 0 Å². The Morgan fingerprint density at radius 3 is 1.58 bits per heavy atom. The van der Waals surface area contributed by atoms with E-state index >= 15 is 0 Å². The molecule has 23 heteroatoms. The normalized spacial score (nSPS) is 15.5. The number of aliphatic carboxylic acids is 2. The number of carbonyl (C=O) groups is 8. The number of guanidine groups is 1. The van der Waals surface area contributed by atoms with Gasteiger partial charge >= 0.3 is 11.9 Å². The maximum atomic E-state index is 13.5. The molecule has 0 spiro atoms. The Labute approximate surface area is 305 Å². The summed E-state index contributed by atoms with van der Waals surface area (Å²) in [6.45, 7) is 3.98. The number of aliphatic hydroxyl groups excluding tert-OH is 3. The van der Waals surface area contributed by atoms with Crippen molar-refractivity contribution in [2.24, 2.45) is 28.1 Å². The minimum atomic E-state index is -1.78. The van der Waals surface area contributed by atoms with Crippen molar-refractivity contribution in [2.45, 2.75) is 108 Å². The Kier molecular flexibility index (Phi) is 21.8. The highest BCUT2D eigenvalue weighted by Crippen LogP contribution is 2.07. The molecule has 0 aromatic carbocycles. The van der Waals surface area contributed by atoms with Crippen LogP contribution >= 0.6 is 0 Å². The zero-order valence-corrected chi connectivity index (χ0v) is 30.0. The van der Waals surface area contributed by atoms with Gasteiger partial charge in [-0.3, -0.25) is 43.3 Å². The summed E-state index contributed by atoms with van der Waals surface area (Å²) in [6.07, 6.45) is -4.15. The Hall–Kier alpha value is -5.13. The number of carboxylic acid groups (broad SMARTS) is 2. The molecule has 17 N–H and O–H groups in total. The summed E-state index contributed by atoms with van der Waals surface area (Å²) >= 11 is 0. The second-order valence-electron chi connectivity index (χ2n) is 12.5. The lowest BCUT2D eigenvalue weighted by Gasteiger charge is -2.28. The highest BCUT2D eigenvalue weighted by atomic mass is 16.4. The number of amides is 6. The van der Waals surface area contributed by atoms with E-state index in [1.807, 2.05) is 19.2 Å². The van der Waals surface area contributed by atoms with Crippen molar-refractivity contribution < 1.29 is 63.9 Å². The van der Waals surface area contributed by atoms with Crippen LogP contribution in [-0.4, -0.2) is 147 Å². The Morgan fingerprint density at radius 2 is 1.11 bits per heavy atom. The van der Waals surface area contributed by atoms with Crippen LogP contribution < -0.4 is 49.1 Å². The fourth-order valence-corrected chi connectivity index (χ4v) is 4.52. The van der Waals surface area contributed by atoms with Gasteiger partial charge in [0, 0.05) is 13.0 Å². The van der Waals surface area contributed by atoms with Crippen LogP contribution in [0.3, 0.4) is 0 Å². The molecular weight excluding hydrogens is 708 g/mol. The molecule has 6 amide bonds. The third kappa shape index (κ3) is 19.3. The number of nitrogens with one attached hydrogen (secondary N) is 6. The zero-order valence-electron chi connectivity index (χ0n) is 30.0. The number of hydrogen-bond acceptors (Lipinski definition) is 13. The quantitative estimate of drug-likeness (QED) is 0.0234. The van der Waals surface area contributed by atoms with Gasteiger partial charge in [-0.2, -0.15) is 0 Å². The van der Waals surface area contributed by atoms with Gasteiger partial charge in [0.05, 0.1) is 24.9 Å². The Morgan fingerprint density at radius 1 is 0.642 bits per heavy atom. The monoisotopic (exact) mass is 762 g/mol. The number of rotatable bonds is 25. The summed E-state index contributed by atoms with van der Waals surface area (Å²) in [7, 11) is 0. The number of hydrogen-bond donors (Lipinski definition) is 14. The number of aliphatic hydroxyl groups is 3. The van der Waals surface area contributed by atoms with E-state index in [0.717, 1.165) is 6.92 Å². The zero-order chi connectivity index (χ0) is 41.0. The van der Waals surface area contributed by atoms with E-state index in [4.69, 9.17) is 22.3 Å². The lowest BCUT2D eigenvalue weighted by atomic mass is 10.0. The van der Waals surface area contributed by atoms with Gasteiger partial charge in [-0.05, 0) is 45.4 Å². The van der Waals surface area contributed by atoms with Crippen LogP contribution in [0.25, 0.3) is 0 Å². The van der Waals surface area contributed by atoms with E-state index in [0.29, 0.717) is 0 Å². The second kappa shape index (κ2) is 24.2. The van der Waals surface area contributed by atoms with E-state index in [2.05, 4.69) is 31.6 Å². The summed E-state index contributed by atoms with van der Waals surface area (Å²) in [5.41, 5.74) is 16.5. The average Bonchev–Trinajstić information content (AvgIpc) is 3.05. The van der Waals surface area contributed by atoms with Crippen molar-refractivity contribution >= 4 is 53.3 Å². The van der Waals surface area contributed by atoms with Gasteiger partial charge < -0.3 is 74.6 Å². The number of nitrogens with zero attached hydrogens (tertiary/aromatic N) is 1. The van der Waals surface area contributed by atoms with Crippen LogP contribution in [0.15, 0.2) is 4.99 Å². The summed E-state index contributed by atoms with van der Waals surface area (Å²) in [4.78, 5) is 104. The van der Waals surface area contributed by atoms with Gasteiger partial charge in [0.15, 0.2) is 5.96 Å². The fraction of sp³-hybridized carbons (Fsp3) is 0.700. The lowest BCUT2D eigenvalue weighted by molar-refractivity contribution is -0.139. The predicted molar refractivity (Wildman–Crippen MR) is 185 cm³/mol. The Bertz CT molecular complexity index is 1310. The molecule has 23 nitrogen and oxygen atoms in total. The predicted octanol–water partition coefficient (Wildman–Crippen LogP) is -6.34. The van der Waals surface area contributed by atoms with E-state index in [1.54, 1.807) is 0 Å². The second-order valence-corrected chi connectivity index (χ2v) is 12.5. The largest absolute Gasteiger partial charge is 0.481 e. The first-order chi connectivity index (χ1) is 24.6. The van der Waals surface area contributed by atoms with E-state index < -0.39 is 122 Å². The molecule has 53 heavy (non-hydrogen) atoms. The van der Waals surface area contributed by atoms with Crippen LogP contribution in [0, 0.1) is 5.92 Å². The highest BCUT2D eigenvalue weighted by Gasteiger charge is 2.35. The molecule has 8 atom stereocenters. The lowest BCUT2D eigenvalue weighted by Crippen LogP contribution is -2.61. The number of carbonyl (C=O) groups excluding carboxylic acids is 6. The molecule has 0 bridgehead atoms. The summed E-state index contributed by atoms with van der Waals surface area (Å²) < 4.78 is 0. The van der Waals surface area contributed by atoms with E-state index in [1.165, 1.54) is 6.92 Å². The van der Waals surface area contributed by atoms with Gasteiger partial charge in [-0.25, -0.2) is 0 Å². The van der Waals surface area contributed by atoms with E-state index in [9.17, 15) is 58.8 Å². The van der Waals surface area contributed by atoms with Crippen LogP contribution in [0.5, 0.6) is 0 Å². The number of carboxylic acids is 2. The van der Waals surface area contributed by atoms with E-state index in [-0.39, 0.29) is 37.7 Å². The van der Waals surface area contributed by atoms with Gasteiger partial charge in [-0.1, -0.05) is 13.8 Å². The molecule has 0 aromatic heterocycles. The Balaban J connectivity index is 6.23. The smallest absolute Gasteiger partial charge is 0.322 e. The molecule has 0 aliphatic rings. The van der Waals surface area contributed by atoms with Crippen molar-refractivity contribution in [3.05, 3.63) is 0 Å². The first-order valence-corrected chi connectivity index (χ1v) is 16.6. The molecular formula is C30H54N10O13. The maximum Gasteiger partial charge on any atom is 0.322 e. The molecule has 0 heterocycles. The van der Waals surface area contributed by atoms with Crippen molar-refractivity contribution in [2.75, 3.05) is 19.7 Å². The molecule has 0 saturated carbocycles. The van der Waals surface area contributed by atoms with Crippen LogP contribution in [0.4, 0.5) is 0 Å². The summed E-state index contributed by atoms with van der Waals surface area (Å²) in [5.74, 6) is -9.34. The molecule has 0 fully saturated rings. The molecule has 0 aliphatic carbocycles. The number of aliphatic imine (C=N–C) groups is 1. The van der Waals surface area contributed by atoms with Gasteiger partial charge in [0.2, 0.25) is 35.4 Å². The number of nitrogens with two attached hydrogens (primary N) is 3. The molecule has 302 valence electrons. The van der Waals surface area contributed by atoms with Crippen molar-refractivity contribution in [1.29, 1.82) is 0 Å². The summed E-state index contributed by atoms with van der Waals surface area (Å²) in [6, 6.07) is -9.35. The summed E-state index contributed by atoms with van der Waals surface area (Å²) in [5, 5.41) is 61.4. The molecule has 0 aromatic rings. The average molecular weight is 763 g/mol. The van der Waals surface area contributed by atoms with Gasteiger partial charge in [0.25, 0.3) is 0 Å². The molecule has 0 rings (SSSR count). The molecule has 0 radical (unpaired) electrons. The van der Waals surface area contributed by atoms with Crippen LogP contribution in [0.1, 0.15) is 59.8 Å². The minimum absolute atomic E-state index is 0.0171. The third-order valence-electron chi connectivity index (χ3n) is 7.27. The van der Waals surface area contributed by atoms with Crippen LogP contribution in [-0.2, 0) is 38.4 Å². The standard InChI is InChI=1S/C30H54N10O13/c1-13(2)10-16(31)24(48)39-23(15(4)43)29(53)37-18(7-8-20(44)45)26(50)36-17(6-5-9-34-30(32)33)25(49)38-19(12-41)27(51)40-22(14(3)42)28(52)35-11-21(46)47/h13-19,22-23,41-43H,5-12,31H2,1-4H3,(H,35,52)(H,36,50)(H,37,53)(H,38,49)(H,39,48)(H,40,51)(H,44,45)(H,46,47)(H4,32,33,34)/t14-,15-,16+,17+,18+,19+,22+,23+/m1/s1. The highest BCUT2D eigenvalue weighted by molar-refractivity contribution is 5.97. The molecule has 0 aliphatic heterocycles. The first kappa shape index (κ1) is 47.9. The van der Waals surface area contributed by atoms with Crippen molar-refractivity contribution in [1.82, 2.24) is 31.9 Å². The third-order valence-corrected chi connectivity index (χ3v) is 7.27. The van der Waals surface area contributed by atoms with Crippen molar-refractivity contribution in [3.8, 4) is 0 Å². The topological polar surface area (TPSA) is 400 Å². The maximum absolute atomic E-state index is 13.5. The van der Waals surface area contributed by atoms with Crippen LogP contribution in [0.2, 0.25) is 0 Å². The molecule has 0 unspecified atom stereocenters. The first-order valence-electron chi connectivity index (χ1n) is 16.6. The fourth-order valence-electron chi connectivity index (χ4n) is 4.52.